The zero-order valence-electron chi connectivity index (χ0n) is 65.8. The Labute approximate surface area is 626 Å². The van der Waals surface area contributed by atoms with E-state index in [0.29, 0.717) is 60.8 Å². The Hall–Kier alpha value is -4.48. The van der Waals surface area contributed by atoms with Gasteiger partial charge in [-0.2, -0.15) is 0 Å². The van der Waals surface area contributed by atoms with E-state index in [0.717, 1.165) is 138 Å². The first kappa shape index (κ1) is 93.7. The van der Waals surface area contributed by atoms with Gasteiger partial charge in [-0.05, 0) is 62.5 Å². The number of carbonyl (C=O) groups excluding carboxylic acids is 4. The molecule has 0 spiro atoms. The lowest BCUT2D eigenvalue weighted by Crippen LogP contribution is -2.37. The number of quaternary nitrogens is 2. The molecule has 2 heterocycles. The van der Waals surface area contributed by atoms with Gasteiger partial charge in [-0.25, -0.2) is 9.36 Å². The minimum atomic E-state index is -4.69. The highest BCUT2D eigenvalue weighted by molar-refractivity contribution is 7.46. The number of esters is 4. The number of aryl methyl sites for hydroxylation is 2. The smallest absolute Gasteiger partial charge is 0.306 e. The molecule has 0 N–H and O–H groups in total. The number of phosphoric acid groups is 2. The van der Waals surface area contributed by atoms with E-state index in [1.54, 1.807) is 0 Å². The van der Waals surface area contributed by atoms with Crippen molar-refractivity contribution in [1.29, 1.82) is 0 Å². The number of aromatic nitrogens is 6. The largest absolute Gasteiger partial charge is 0.756 e. The number of unbranched alkanes of at least 4 members (excludes halogenated alkanes) is 34. The summed E-state index contributed by atoms with van der Waals surface area (Å²) in [5.74, 6) is -1.85. The highest BCUT2D eigenvalue weighted by Crippen LogP contribution is 2.39. The molecule has 0 fully saturated rings. The summed E-state index contributed by atoms with van der Waals surface area (Å²) in [4.78, 5) is 76.3. The Kier molecular flexibility index (Phi) is 51.9. The standard InChI is InChI=1S/C78H140N8O16P2/c1-9-11-13-15-17-19-21-23-25-27-29-37-43-49-75(87)95-65-73(67-99-103(91,92)97-59-57-85(3,4)5)101-77(89)51-45-39-33-31-35-41-47-71-63-83(81-79-71)61-69-53-55-70(56-54-69)62-84-64-72(80-82-84)48-42-36-32-34-40-46-52-78(90)102-74(68-100-104(93,94)98-60-58-86(6,7)8)66-96-76(88)50-44-38-30-28-26-24-22-20-18-16-14-12-10-2/h53-56,63-64,73-74H,9-52,57-62,65-68H2,1-8H3/t73-,74-/m0/s1. The molecule has 2 aromatic heterocycles. The zero-order valence-corrected chi connectivity index (χ0v) is 67.6. The Morgan fingerprint density at radius 2 is 0.654 bits per heavy atom. The van der Waals surface area contributed by atoms with Crippen molar-refractivity contribution in [1.82, 2.24) is 30.0 Å². The van der Waals surface area contributed by atoms with Gasteiger partial charge in [0.1, 0.15) is 39.5 Å². The number of likely N-dealkylation sites (N-methyl/N-ethyl adjacent to an activating group) is 2. The predicted octanol–water partition coefficient (Wildman–Crippen LogP) is 15.8. The normalized spacial score (nSPS) is 13.7. The molecule has 4 atom stereocenters. The van der Waals surface area contributed by atoms with E-state index in [2.05, 4.69) is 58.7 Å². The number of phosphoric ester groups is 2. The Balaban J connectivity index is 1.28. The fourth-order valence-corrected chi connectivity index (χ4v) is 13.3. The summed E-state index contributed by atoms with van der Waals surface area (Å²) in [6.45, 7) is 4.79. The van der Waals surface area contributed by atoms with Crippen LogP contribution in [0.2, 0.25) is 0 Å². The van der Waals surface area contributed by atoms with Crippen LogP contribution < -0.4 is 9.79 Å². The van der Waals surface area contributed by atoms with E-state index in [-0.39, 0.29) is 52.1 Å². The van der Waals surface area contributed by atoms with Gasteiger partial charge in [0.05, 0.1) is 80.0 Å². The molecule has 2 unspecified atom stereocenters. The van der Waals surface area contributed by atoms with Crippen LogP contribution in [-0.2, 0) is 91.3 Å². The molecule has 598 valence electrons. The van der Waals surface area contributed by atoms with Gasteiger partial charge < -0.3 is 55.8 Å². The van der Waals surface area contributed by atoms with Crippen molar-refractivity contribution in [3.8, 4) is 0 Å². The number of ether oxygens (including phenoxy) is 4. The summed E-state index contributed by atoms with van der Waals surface area (Å²) < 4.78 is 72.2. The quantitative estimate of drug-likeness (QED) is 0.0167. The Morgan fingerprint density at radius 1 is 0.385 bits per heavy atom. The number of carbonyl (C=O) groups is 4. The maximum atomic E-state index is 12.9. The van der Waals surface area contributed by atoms with Crippen LogP contribution in [0, 0.1) is 0 Å². The lowest BCUT2D eigenvalue weighted by atomic mass is 10.0. The average Bonchev–Trinajstić information content (AvgIpc) is 1.69. The molecule has 0 aliphatic heterocycles. The van der Waals surface area contributed by atoms with Crippen LogP contribution in [0.15, 0.2) is 36.7 Å². The minimum absolute atomic E-state index is 0.0656. The molecule has 24 nitrogen and oxygen atoms in total. The first-order chi connectivity index (χ1) is 49.9. The second-order valence-corrected chi connectivity index (χ2v) is 33.5. The fraction of sp³-hybridized carbons (Fsp3) is 0.821. The van der Waals surface area contributed by atoms with E-state index in [9.17, 15) is 38.1 Å². The summed E-state index contributed by atoms with van der Waals surface area (Å²) in [6, 6.07) is 8.37. The molecule has 0 radical (unpaired) electrons. The van der Waals surface area contributed by atoms with Crippen LogP contribution >= 0.6 is 15.6 Å². The summed E-state index contributed by atoms with van der Waals surface area (Å²) >= 11 is 0. The Bertz CT molecular complexity index is 2590. The molecule has 3 rings (SSSR count). The van der Waals surface area contributed by atoms with Crippen LogP contribution in [0.1, 0.15) is 306 Å². The van der Waals surface area contributed by atoms with Gasteiger partial charge in [-0.15, -0.1) is 10.2 Å². The van der Waals surface area contributed by atoms with Crippen LogP contribution in [0.3, 0.4) is 0 Å². The summed E-state index contributed by atoms with van der Waals surface area (Å²) in [7, 11) is 2.11. The molecule has 1 aromatic carbocycles. The molecule has 0 saturated carbocycles. The molecular formula is C78H140N8O16P2. The molecule has 3 aromatic rings. The van der Waals surface area contributed by atoms with Crippen molar-refractivity contribution in [2.24, 2.45) is 0 Å². The molecule has 104 heavy (non-hydrogen) atoms. The monoisotopic (exact) mass is 1510 g/mol. The van der Waals surface area contributed by atoms with Crippen LogP contribution in [0.5, 0.6) is 0 Å². The molecule has 0 amide bonds. The molecule has 0 aliphatic rings. The minimum Gasteiger partial charge on any atom is -0.756 e. The van der Waals surface area contributed by atoms with E-state index in [4.69, 9.17) is 37.0 Å². The third-order valence-electron chi connectivity index (χ3n) is 18.3. The van der Waals surface area contributed by atoms with E-state index < -0.39 is 64.9 Å². The average molecular weight is 1510 g/mol. The van der Waals surface area contributed by atoms with Gasteiger partial charge in [0, 0.05) is 38.1 Å². The van der Waals surface area contributed by atoms with Crippen molar-refractivity contribution in [3.63, 3.8) is 0 Å². The Morgan fingerprint density at radius 3 is 0.942 bits per heavy atom. The van der Waals surface area contributed by atoms with Crippen molar-refractivity contribution in [2.45, 2.75) is 322 Å². The molecule has 0 bridgehead atoms. The first-order valence-corrected chi connectivity index (χ1v) is 43.2. The molecular weight excluding hydrogens is 1370 g/mol. The van der Waals surface area contributed by atoms with Crippen LogP contribution in [0.4, 0.5) is 0 Å². The van der Waals surface area contributed by atoms with Crippen molar-refractivity contribution in [3.05, 3.63) is 59.2 Å². The third kappa shape index (κ3) is 54.2. The number of hydrogen-bond donors (Lipinski definition) is 0. The lowest BCUT2D eigenvalue weighted by Gasteiger charge is -2.28. The van der Waals surface area contributed by atoms with Gasteiger partial charge in [-0.1, -0.05) is 254 Å². The molecule has 0 aliphatic carbocycles. The SMILES string of the molecule is CCCCCCCCCCCCCCCC(=O)OC[C@@H](COP(=O)([O-])OCC[N+](C)(C)C)OC(=O)CCCCCCCCc1cn(Cc2ccc(Cn3cc(CCCCCCCCC(=O)O[C@@H](COC(=O)CCCCCCCCCCCCCCC)COP(=O)([O-])OCC[N+](C)(C)C)nn3)cc2)nn1. The lowest BCUT2D eigenvalue weighted by molar-refractivity contribution is -0.870. The van der Waals surface area contributed by atoms with Gasteiger partial charge in [0.2, 0.25) is 0 Å². The zero-order chi connectivity index (χ0) is 75.8. The highest BCUT2D eigenvalue weighted by atomic mass is 31.2. The maximum Gasteiger partial charge on any atom is 0.306 e. The number of benzene rings is 1. The van der Waals surface area contributed by atoms with Gasteiger partial charge in [0.15, 0.2) is 12.2 Å². The summed E-state index contributed by atoms with van der Waals surface area (Å²) in [6.07, 6.45) is 46.0. The number of rotatable bonds is 70. The van der Waals surface area contributed by atoms with Crippen molar-refractivity contribution in [2.75, 3.05) is 95.0 Å². The predicted molar refractivity (Wildman–Crippen MR) is 404 cm³/mol. The second kappa shape index (κ2) is 57.6. The van der Waals surface area contributed by atoms with E-state index in [1.165, 1.54) is 116 Å². The van der Waals surface area contributed by atoms with E-state index >= 15 is 0 Å². The number of nitrogens with zero attached hydrogens (tertiary/aromatic N) is 8. The first-order valence-electron chi connectivity index (χ1n) is 40.3. The topological polar surface area (TPSA) is 284 Å². The third-order valence-corrected chi connectivity index (χ3v) is 20.2. The maximum absolute atomic E-state index is 12.9. The summed E-state index contributed by atoms with van der Waals surface area (Å²) in [5.41, 5.74) is 4.08. The van der Waals surface area contributed by atoms with Crippen molar-refractivity contribution < 1.29 is 84.1 Å². The van der Waals surface area contributed by atoms with Gasteiger partial charge in [-0.3, -0.25) is 28.3 Å². The van der Waals surface area contributed by atoms with Crippen LogP contribution in [0.25, 0.3) is 0 Å². The van der Waals surface area contributed by atoms with Gasteiger partial charge >= 0.3 is 23.9 Å². The number of hydrogen-bond acceptors (Lipinski definition) is 20. The van der Waals surface area contributed by atoms with Crippen LogP contribution in [-0.4, -0.2) is 170 Å². The van der Waals surface area contributed by atoms with Crippen molar-refractivity contribution >= 4 is 39.5 Å². The molecule has 26 heteroatoms. The highest BCUT2D eigenvalue weighted by Gasteiger charge is 2.24. The van der Waals surface area contributed by atoms with E-state index in [1.807, 2.05) is 64.0 Å². The molecule has 0 saturated heterocycles. The van der Waals surface area contributed by atoms with Gasteiger partial charge in [0.25, 0.3) is 15.6 Å². The second-order valence-electron chi connectivity index (χ2n) is 30.6. The summed E-state index contributed by atoms with van der Waals surface area (Å²) in [5, 5.41) is 17.6. The fourth-order valence-electron chi connectivity index (χ4n) is 11.8.